The Hall–Kier alpha value is -1.59. The van der Waals surface area contributed by atoms with E-state index in [1.165, 1.54) is 0 Å². The highest BCUT2D eigenvalue weighted by Crippen LogP contribution is 2.16. The summed E-state index contributed by atoms with van der Waals surface area (Å²) < 4.78 is 5.33. The lowest BCUT2D eigenvalue weighted by Crippen LogP contribution is -2.47. The van der Waals surface area contributed by atoms with Gasteiger partial charge >= 0.3 is 0 Å². The molecule has 0 saturated carbocycles. The minimum atomic E-state index is -0.281. The zero-order valence-corrected chi connectivity index (χ0v) is 10.4. The average Bonchev–Trinajstić information content (AvgIpc) is 2.38. The summed E-state index contributed by atoms with van der Waals surface area (Å²) in [6.45, 7) is 3.25. The van der Waals surface area contributed by atoms with Gasteiger partial charge in [-0.2, -0.15) is 0 Å². The van der Waals surface area contributed by atoms with E-state index in [9.17, 15) is 4.79 Å². The molecule has 0 bridgehead atoms. The first-order chi connectivity index (χ1) is 8.61. The van der Waals surface area contributed by atoms with Gasteiger partial charge in [0, 0.05) is 24.3 Å². The lowest BCUT2D eigenvalue weighted by Gasteiger charge is -2.32. The van der Waals surface area contributed by atoms with Gasteiger partial charge in [-0.25, -0.2) is 0 Å². The van der Waals surface area contributed by atoms with Gasteiger partial charge in [0.25, 0.3) is 5.91 Å². The second kappa shape index (κ2) is 5.37. The number of morpholine rings is 1. The Kier molecular flexibility index (Phi) is 3.84. The molecule has 3 N–H and O–H groups in total. The number of nitrogens with two attached hydrogens (primary N) is 1. The predicted molar refractivity (Wildman–Crippen MR) is 68.3 cm³/mol. The fraction of sp³-hybridized carbons (Fsp3) is 0.462. The van der Waals surface area contributed by atoms with Crippen LogP contribution in [0.2, 0.25) is 0 Å². The van der Waals surface area contributed by atoms with Crippen LogP contribution in [0.5, 0.6) is 0 Å². The van der Waals surface area contributed by atoms with Gasteiger partial charge in [0.15, 0.2) is 0 Å². The van der Waals surface area contributed by atoms with Gasteiger partial charge in [-0.05, 0) is 30.7 Å². The number of benzene rings is 1. The van der Waals surface area contributed by atoms with Gasteiger partial charge in [-0.3, -0.25) is 4.79 Å². The van der Waals surface area contributed by atoms with Crippen molar-refractivity contribution in [2.75, 3.05) is 32.0 Å². The molecule has 1 fully saturated rings. The summed E-state index contributed by atoms with van der Waals surface area (Å²) >= 11 is 0. The number of carbonyl (C=O) groups excluding carboxylic acids is 1. The summed E-state index contributed by atoms with van der Waals surface area (Å²) in [4.78, 5) is 14.1. The van der Waals surface area contributed by atoms with Crippen LogP contribution in [0.4, 0.5) is 5.69 Å². The summed E-state index contributed by atoms with van der Waals surface area (Å²) in [6.07, 6.45) is -0.281. The average molecular weight is 250 g/mol. The third kappa shape index (κ3) is 2.63. The fourth-order valence-corrected chi connectivity index (χ4v) is 2.11. The Balaban J connectivity index is 2.15. The first-order valence-electron chi connectivity index (χ1n) is 5.99. The van der Waals surface area contributed by atoms with Crippen LogP contribution in [0, 0.1) is 6.92 Å². The van der Waals surface area contributed by atoms with Crippen molar-refractivity contribution in [3.63, 3.8) is 0 Å². The molecule has 0 spiro atoms. The van der Waals surface area contributed by atoms with Crippen molar-refractivity contribution in [3.05, 3.63) is 29.3 Å². The number of anilines is 1. The normalized spacial score (nSPS) is 19.9. The van der Waals surface area contributed by atoms with E-state index in [1.54, 1.807) is 23.1 Å². The second-order valence-corrected chi connectivity index (χ2v) is 4.50. The van der Waals surface area contributed by atoms with Gasteiger partial charge in [0.2, 0.25) is 0 Å². The number of nitrogens with zero attached hydrogens (tertiary/aromatic N) is 1. The van der Waals surface area contributed by atoms with E-state index in [0.717, 1.165) is 5.56 Å². The summed E-state index contributed by atoms with van der Waals surface area (Å²) in [7, 11) is 0. The maximum absolute atomic E-state index is 12.3. The number of aliphatic hydroxyl groups is 1. The maximum atomic E-state index is 12.3. The first-order valence-corrected chi connectivity index (χ1v) is 5.99. The Morgan fingerprint density at radius 2 is 2.39 bits per heavy atom. The number of aryl methyl sites for hydroxylation is 1. The molecule has 1 aromatic rings. The molecular weight excluding hydrogens is 232 g/mol. The lowest BCUT2D eigenvalue weighted by molar-refractivity contribution is -0.0447. The minimum Gasteiger partial charge on any atom is -0.399 e. The number of hydrogen-bond donors (Lipinski definition) is 2. The van der Waals surface area contributed by atoms with Crippen molar-refractivity contribution in [1.82, 2.24) is 4.90 Å². The lowest BCUT2D eigenvalue weighted by atomic mass is 10.1. The SMILES string of the molecule is Cc1cc(N)ccc1C(=O)N1CCOC(CO)C1. The largest absolute Gasteiger partial charge is 0.399 e. The van der Waals surface area contributed by atoms with E-state index < -0.39 is 0 Å². The summed E-state index contributed by atoms with van der Waals surface area (Å²) in [5.41, 5.74) is 7.85. The van der Waals surface area contributed by atoms with Gasteiger partial charge in [0.05, 0.1) is 19.3 Å². The Morgan fingerprint density at radius 3 is 3.06 bits per heavy atom. The van der Waals surface area contributed by atoms with Crippen LogP contribution in [0.3, 0.4) is 0 Å². The highest BCUT2D eigenvalue weighted by Gasteiger charge is 2.25. The molecule has 2 rings (SSSR count). The Bertz CT molecular complexity index is 448. The molecule has 1 amide bonds. The van der Waals surface area contributed by atoms with Gasteiger partial charge in [-0.1, -0.05) is 0 Å². The molecule has 1 heterocycles. The zero-order chi connectivity index (χ0) is 13.1. The van der Waals surface area contributed by atoms with Crippen LogP contribution >= 0.6 is 0 Å². The van der Waals surface area contributed by atoms with E-state index in [2.05, 4.69) is 0 Å². The van der Waals surface area contributed by atoms with E-state index in [4.69, 9.17) is 15.6 Å². The van der Waals surface area contributed by atoms with Crippen LogP contribution in [-0.2, 0) is 4.74 Å². The number of amides is 1. The molecule has 1 aromatic carbocycles. The smallest absolute Gasteiger partial charge is 0.254 e. The summed E-state index contributed by atoms with van der Waals surface area (Å²) in [5.74, 6) is -0.0331. The molecule has 1 atom stereocenters. The molecule has 98 valence electrons. The molecule has 0 aliphatic carbocycles. The molecule has 1 aliphatic rings. The van der Waals surface area contributed by atoms with Crippen molar-refractivity contribution in [2.24, 2.45) is 0 Å². The molecule has 5 heteroatoms. The van der Waals surface area contributed by atoms with Crippen LogP contribution in [-0.4, -0.2) is 48.3 Å². The van der Waals surface area contributed by atoms with E-state index in [1.807, 2.05) is 6.92 Å². The van der Waals surface area contributed by atoms with E-state index in [0.29, 0.717) is 30.9 Å². The maximum Gasteiger partial charge on any atom is 0.254 e. The number of ether oxygens (including phenoxy) is 1. The zero-order valence-electron chi connectivity index (χ0n) is 10.4. The fourth-order valence-electron chi connectivity index (χ4n) is 2.11. The standard InChI is InChI=1S/C13H18N2O3/c1-9-6-10(14)2-3-12(9)13(17)15-4-5-18-11(7-15)8-16/h2-3,6,11,16H,4-5,7-8,14H2,1H3. The van der Waals surface area contributed by atoms with Crippen molar-refractivity contribution in [3.8, 4) is 0 Å². The molecule has 1 aliphatic heterocycles. The highest BCUT2D eigenvalue weighted by molar-refractivity contribution is 5.96. The van der Waals surface area contributed by atoms with Gasteiger partial charge in [0.1, 0.15) is 0 Å². The van der Waals surface area contributed by atoms with E-state index in [-0.39, 0.29) is 18.6 Å². The summed E-state index contributed by atoms with van der Waals surface area (Å²) in [6, 6.07) is 5.26. The molecule has 0 radical (unpaired) electrons. The minimum absolute atomic E-state index is 0.0331. The van der Waals surface area contributed by atoms with E-state index >= 15 is 0 Å². The van der Waals surface area contributed by atoms with Crippen LogP contribution in [0.1, 0.15) is 15.9 Å². The quantitative estimate of drug-likeness (QED) is 0.745. The Morgan fingerprint density at radius 1 is 1.61 bits per heavy atom. The molecule has 18 heavy (non-hydrogen) atoms. The molecular formula is C13H18N2O3. The van der Waals surface area contributed by atoms with Gasteiger partial charge in [-0.15, -0.1) is 0 Å². The topological polar surface area (TPSA) is 75.8 Å². The molecule has 1 unspecified atom stereocenters. The van der Waals surface area contributed by atoms with Crippen molar-refractivity contribution in [1.29, 1.82) is 0 Å². The van der Waals surface area contributed by atoms with Gasteiger partial charge < -0.3 is 20.5 Å². The van der Waals surface area contributed by atoms with Crippen LogP contribution < -0.4 is 5.73 Å². The summed E-state index contributed by atoms with van der Waals surface area (Å²) in [5, 5.41) is 9.07. The predicted octanol–water partition coefficient (Wildman–Crippen LogP) is 0.411. The highest BCUT2D eigenvalue weighted by atomic mass is 16.5. The Labute approximate surface area is 106 Å². The van der Waals surface area contributed by atoms with Crippen molar-refractivity contribution < 1.29 is 14.6 Å². The second-order valence-electron chi connectivity index (χ2n) is 4.50. The number of nitrogen functional groups attached to an aromatic ring is 1. The number of rotatable bonds is 2. The first kappa shape index (κ1) is 12.9. The third-order valence-corrected chi connectivity index (χ3v) is 3.11. The molecule has 0 aromatic heterocycles. The van der Waals surface area contributed by atoms with Crippen molar-refractivity contribution in [2.45, 2.75) is 13.0 Å². The van der Waals surface area contributed by atoms with Crippen molar-refractivity contribution >= 4 is 11.6 Å². The van der Waals surface area contributed by atoms with Crippen LogP contribution in [0.15, 0.2) is 18.2 Å². The third-order valence-electron chi connectivity index (χ3n) is 3.11. The number of carbonyl (C=O) groups is 1. The number of aliphatic hydroxyl groups excluding tert-OH is 1. The number of hydrogen-bond acceptors (Lipinski definition) is 4. The monoisotopic (exact) mass is 250 g/mol. The molecule has 5 nitrogen and oxygen atoms in total. The van der Waals surface area contributed by atoms with Crippen LogP contribution in [0.25, 0.3) is 0 Å². The molecule has 1 saturated heterocycles.